The molecule has 0 radical (unpaired) electrons. The van der Waals surface area contributed by atoms with Gasteiger partial charge in [-0.15, -0.1) is 0 Å². The minimum absolute atomic E-state index is 0.0442. The first-order chi connectivity index (χ1) is 22.4. The highest BCUT2D eigenvalue weighted by molar-refractivity contribution is 6.62. The van der Waals surface area contributed by atoms with Crippen LogP contribution in [0.3, 0.4) is 0 Å². The van der Waals surface area contributed by atoms with Crippen molar-refractivity contribution >= 4 is 46.5 Å². The molecule has 3 aliphatic heterocycles. The second kappa shape index (κ2) is 13.0. The number of amides is 1. The Hall–Kier alpha value is -4.08. The van der Waals surface area contributed by atoms with Gasteiger partial charge < -0.3 is 44.6 Å². The number of aromatic nitrogens is 1. The number of carbonyl (C=O) groups excluding carboxylic acids is 1. The van der Waals surface area contributed by atoms with Crippen molar-refractivity contribution in [1.82, 2.24) is 14.8 Å². The number of nitrogens with one attached hydrogen (secondary N) is 2. The molecule has 3 aliphatic rings. The van der Waals surface area contributed by atoms with E-state index in [1.165, 1.54) is 0 Å². The standard InChI is InChI=1S/C33H36BN5O7/c1-38-13-15-39(16-14-38)18-27(41)35-22-8-10-23(11-9-22)36-29(20-5-3-2-4-6-20)28-24-12-7-21(17-25(24)37-32(28)43)34-45-31-30(42)26(19-40)44-33(31)46-34/h2-12,17,26,30-31,33,37,40,42-43H,13-16,18-19H2,1H3,(H,35,41)/t26-,30-,31+,33?/m1/s1. The Morgan fingerprint density at radius 2 is 1.80 bits per heavy atom. The summed E-state index contributed by atoms with van der Waals surface area (Å²) in [7, 11) is 1.30. The number of piperazine rings is 1. The first-order valence-electron chi connectivity index (χ1n) is 15.4. The van der Waals surface area contributed by atoms with Crippen LogP contribution in [-0.4, -0.2) is 120 Å². The van der Waals surface area contributed by atoms with Gasteiger partial charge in [0.15, 0.2) is 12.2 Å². The Morgan fingerprint density at radius 1 is 1.04 bits per heavy atom. The fraction of sp³-hybridized carbons (Fsp3) is 0.333. The van der Waals surface area contributed by atoms with Gasteiger partial charge in [0.05, 0.1) is 30.1 Å². The summed E-state index contributed by atoms with van der Waals surface area (Å²) in [6.07, 6.45) is -3.24. The SMILES string of the molecule is CN1CCN(CC(=O)Nc2ccc(N=C(c3ccccc3)c3c(O)[nH]c4cc(B5OC6O[C@H](CO)[C@@H](O)[C@@H]6O5)ccc34)cc2)CC1. The number of nitrogens with zero attached hydrogens (tertiary/aromatic N) is 3. The Balaban J connectivity index is 1.12. The molecule has 0 spiro atoms. The van der Waals surface area contributed by atoms with Crippen LogP contribution in [-0.2, 0) is 18.8 Å². The molecule has 0 saturated carbocycles. The van der Waals surface area contributed by atoms with E-state index in [2.05, 4.69) is 27.1 Å². The van der Waals surface area contributed by atoms with Crippen molar-refractivity contribution in [3.63, 3.8) is 0 Å². The maximum Gasteiger partial charge on any atom is 0.496 e. The number of rotatable bonds is 8. The van der Waals surface area contributed by atoms with Gasteiger partial charge in [-0.3, -0.25) is 9.69 Å². The smallest absolute Gasteiger partial charge is 0.494 e. The van der Waals surface area contributed by atoms with Crippen LogP contribution in [0.15, 0.2) is 77.8 Å². The zero-order valence-corrected chi connectivity index (χ0v) is 25.4. The topological polar surface area (TPSA) is 152 Å². The maximum atomic E-state index is 12.7. The van der Waals surface area contributed by atoms with Crippen LogP contribution in [0.4, 0.5) is 11.4 Å². The molecule has 3 aromatic carbocycles. The molecular formula is C33H36BN5O7. The highest BCUT2D eigenvalue weighted by Gasteiger charge is 2.53. The van der Waals surface area contributed by atoms with E-state index in [1.54, 1.807) is 0 Å². The van der Waals surface area contributed by atoms with Gasteiger partial charge in [-0.2, -0.15) is 0 Å². The van der Waals surface area contributed by atoms with Gasteiger partial charge in [0.2, 0.25) is 5.91 Å². The third-order valence-corrected chi connectivity index (χ3v) is 8.73. The molecular weight excluding hydrogens is 589 g/mol. The largest absolute Gasteiger partial charge is 0.496 e. The van der Waals surface area contributed by atoms with Gasteiger partial charge in [-0.1, -0.05) is 42.5 Å². The van der Waals surface area contributed by atoms with Crippen molar-refractivity contribution in [1.29, 1.82) is 0 Å². The minimum Gasteiger partial charge on any atom is -0.494 e. The van der Waals surface area contributed by atoms with E-state index >= 15 is 0 Å². The fourth-order valence-electron chi connectivity index (χ4n) is 6.17. The summed E-state index contributed by atoms with van der Waals surface area (Å²) in [6, 6.07) is 22.5. The summed E-state index contributed by atoms with van der Waals surface area (Å²) in [4.78, 5) is 25.1. The Morgan fingerprint density at radius 3 is 2.52 bits per heavy atom. The lowest BCUT2D eigenvalue weighted by atomic mass is 9.79. The fourth-order valence-corrected chi connectivity index (χ4v) is 6.17. The normalized spacial score (nSPS) is 24.1. The maximum absolute atomic E-state index is 12.7. The van der Waals surface area contributed by atoms with Gasteiger partial charge in [0.1, 0.15) is 18.3 Å². The van der Waals surface area contributed by atoms with Crippen molar-refractivity contribution < 1.29 is 34.2 Å². The lowest BCUT2D eigenvalue weighted by molar-refractivity contribution is -0.117. The van der Waals surface area contributed by atoms with Crippen LogP contribution in [0.2, 0.25) is 0 Å². The van der Waals surface area contributed by atoms with Crippen LogP contribution in [0.5, 0.6) is 5.88 Å². The molecule has 13 heteroatoms. The van der Waals surface area contributed by atoms with Gasteiger partial charge in [-0.05, 0) is 42.8 Å². The molecule has 1 unspecified atom stereocenters. The molecule has 1 aromatic heterocycles. The predicted molar refractivity (Wildman–Crippen MR) is 174 cm³/mol. The Kier molecular flexibility index (Phi) is 8.62. The molecule has 4 heterocycles. The molecule has 0 aliphatic carbocycles. The molecule has 1 amide bonds. The number of likely N-dealkylation sites (N-methyl/N-ethyl adjacent to an activating group) is 1. The first kappa shape index (κ1) is 30.6. The molecule has 4 aromatic rings. The van der Waals surface area contributed by atoms with Crippen LogP contribution >= 0.6 is 0 Å². The monoisotopic (exact) mass is 625 g/mol. The van der Waals surface area contributed by atoms with Crippen LogP contribution in [0.1, 0.15) is 11.1 Å². The van der Waals surface area contributed by atoms with E-state index in [4.69, 9.17) is 19.0 Å². The number of aliphatic hydroxyl groups excluding tert-OH is 2. The van der Waals surface area contributed by atoms with Gasteiger partial charge in [0, 0.05) is 48.3 Å². The van der Waals surface area contributed by atoms with E-state index in [1.807, 2.05) is 72.8 Å². The number of hydrogen-bond donors (Lipinski definition) is 5. The number of benzene rings is 3. The van der Waals surface area contributed by atoms with E-state index < -0.39 is 31.7 Å². The van der Waals surface area contributed by atoms with Crippen LogP contribution < -0.4 is 10.8 Å². The second-order valence-electron chi connectivity index (χ2n) is 11.9. The van der Waals surface area contributed by atoms with Crippen molar-refractivity contribution in [2.24, 2.45) is 4.99 Å². The summed E-state index contributed by atoms with van der Waals surface area (Å²) < 4.78 is 17.4. The highest BCUT2D eigenvalue weighted by Crippen LogP contribution is 2.34. The average Bonchev–Trinajstić information content (AvgIpc) is 3.72. The van der Waals surface area contributed by atoms with Crippen molar-refractivity contribution in [2.45, 2.75) is 24.6 Å². The average molecular weight is 625 g/mol. The summed E-state index contributed by atoms with van der Waals surface area (Å²) in [5, 5.41) is 34.7. The van der Waals surface area contributed by atoms with E-state index in [-0.39, 0.29) is 18.4 Å². The third kappa shape index (κ3) is 6.18. The molecule has 4 atom stereocenters. The Bertz CT molecular complexity index is 1730. The molecule has 12 nitrogen and oxygen atoms in total. The van der Waals surface area contributed by atoms with E-state index in [0.29, 0.717) is 40.2 Å². The zero-order valence-electron chi connectivity index (χ0n) is 25.4. The number of anilines is 1. The van der Waals surface area contributed by atoms with E-state index in [9.17, 15) is 20.1 Å². The van der Waals surface area contributed by atoms with Crippen molar-refractivity contribution in [3.05, 3.63) is 83.9 Å². The number of ether oxygens (including phenoxy) is 1. The van der Waals surface area contributed by atoms with E-state index in [0.717, 1.165) is 37.1 Å². The molecule has 7 rings (SSSR count). The number of aromatic amines is 1. The summed E-state index contributed by atoms with van der Waals surface area (Å²) in [6.45, 7) is 3.67. The quantitative estimate of drug-likeness (QED) is 0.145. The zero-order chi connectivity index (χ0) is 31.8. The van der Waals surface area contributed by atoms with Crippen LogP contribution in [0.25, 0.3) is 10.9 Å². The lowest BCUT2D eigenvalue weighted by Gasteiger charge is -2.31. The summed E-state index contributed by atoms with van der Waals surface area (Å²) >= 11 is 0. The molecule has 0 bridgehead atoms. The molecule has 5 N–H and O–H groups in total. The first-order valence-corrected chi connectivity index (χ1v) is 15.4. The number of aliphatic hydroxyl groups is 2. The third-order valence-electron chi connectivity index (χ3n) is 8.73. The Labute approximate surface area is 266 Å². The number of fused-ring (bicyclic) bond motifs is 2. The van der Waals surface area contributed by atoms with Crippen LogP contribution in [0, 0.1) is 0 Å². The minimum atomic E-state index is -0.998. The second-order valence-corrected chi connectivity index (χ2v) is 11.9. The number of aromatic hydroxyl groups is 1. The number of hydrogen-bond acceptors (Lipinski definition) is 10. The van der Waals surface area contributed by atoms with Gasteiger partial charge in [-0.25, -0.2) is 4.99 Å². The summed E-state index contributed by atoms with van der Waals surface area (Å²) in [5.41, 5.74) is 4.57. The number of aliphatic imine (C=N–C) groups is 1. The highest BCUT2D eigenvalue weighted by atomic mass is 16.8. The predicted octanol–water partition coefficient (Wildman–Crippen LogP) is 1.42. The molecule has 3 saturated heterocycles. The number of H-pyrrole nitrogens is 1. The molecule has 46 heavy (non-hydrogen) atoms. The van der Waals surface area contributed by atoms with Gasteiger partial charge >= 0.3 is 7.12 Å². The molecule has 3 fully saturated rings. The molecule has 238 valence electrons. The van der Waals surface area contributed by atoms with Crippen molar-refractivity contribution in [2.75, 3.05) is 51.7 Å². The number of carbonyl (C=O) groups is 1. The van der Waals surface area contributed by atoms with Gasteiger partial charge in [0.25, 0.3) is 0 Å². The van der Waals surface area contributed by atoms with Crippen molar-refractivity contribution in [3.8, 4) is 5.88 Å². The summed E-state index contributed by atoms with van der Waals surface area (Å²) in [5.74, 6) is -0.0965. The lowest BCUT2D eigenvalue weighted by Crippen LogP contribution is -2.47.